The molecule has 0 aliphatic carbocycles. The normalized spacial score (nSPS) is 13.8. The molecule has 0 saturated carbocycles. The molecular weight excluding hydrogens is 261 g/mol. The number of hydrogen-bond donors (Lipinski definition) is 2. The molecule has 1 unspecified atom stereocenters. The molecule has 0 saturated heterocycles. The highest BCUT2D eigenvalue weighted by Crippen LogP contribution is 2.35. The molecule has 0 amide bonds. The molecule has 0 fully saturated rings. The van der Waals surface area contributed by atoms with Gasteiger partial charge in [0, 0.05) is 13.2 Å². The van der Waals surface area contributed by atoms with E-state index in [4.69, 9.17) is 11.6 Å². The van der Waals surface area contributed by atoms with Crippen LogP contribution in [0.25, 0.3) is 0 Å². The topological polar surface area (TPSA) is 54.3 Å². The van der Waals surface area contributed by atoms with Crippen molar-refractivity contribution in [2.24, 2.45) is 7.05 Å². The van der Waals surface area contributed by atoms with Crippen molar-refractivity contribution in [3.05, 3.63) is 27.1 Å². The van der Waals surface area contributed by atoms with Crippen molar-refractivity contribution in [2.75, 3.05) is 7.05 Å². The van der Waals surface area contributed by atoms with E-state index in [9.17, 15) is 23.1 Å². The fourth-order valence-corrected chi connectivity index (χ4v) is 1.73. The van der Waals surface area contributed by atoms with Crippen molar-refractivity contribution in [2.45, 2.75) is 12.2 Å². The van der Waals surface area contributed by atoms with E-state index >= 15 is 0 Å². The summed E-state index contributed by atoms with van der Waals surface area (Å²) in [6.45, 7) is 0. The SMILES string of the molecule is CNC(c1c(O)c(=O)c(Cl)cn1C)C(F)(F)F. The average molecular weight is 271 g/mol. The average Bonchev–Trinajstić information content (AvgIpc) is 2.19. The summed E-state index contributed by atoms with van der Waals surface area (Å²) in [5, 5.41) is 11.1. The summed E-state index contributed by atoms with van der Waals surface area (Å²) in [7, 11) is 2.34. The van der Waals surface area contributed by atoms with Gasteiger partial charge in [-0.3, -0.25) is 4.79 Å². The van der Waals surface area contributed by atoms with Crippen LogP contribution >= 0.6 is 11.6 Å². The van der Waals surface area contributed by atoms with Crippen LogP contribution in [0.15, 0.2) is 11.0 Å². The Morgan fingerprint density at radius 3 is 2.47 bits per heavy atom. The van der Waals surface area contributed by atoms with Crippen LogP contribution in [0.3, 0.4) is 0 Å². The van der Waals surface area contributed by atoms with E-state index in [2.05, 4.69) is 0 Å². The molecule has 8 heteroatoms. The van der Waals surface area contributed by atoms with Gasteiger partial charge >= 0.3 is 6.18 Å². The minimum atomic E-state index is -4.63. The zero-order chi connectivity index (χ0) is 13.4. The molecule has 2 N–H and O–H groups in total. The van der Waals surface area contributed by atoms with Crippen LogP contribution in [-0.4, -0.2) is 22.9 Å². The monoisotopic (exact) mass is 270 g/mol. The van der Waals surface area contributed by atoms with Crippen LogP contribution in [0.1, 0.15) is 11.7 Å². The van der Waals surface area contributed by atoms with Crippen molar-refractivity contribution in [1.82, 2.24) is 9.88 Å². The molecule has 0 bridgehead atoms. The van der Waals surface area contributed by atoms with Gasteiger partial charge in [-0.15, -0.1) is 0 Å². The van der Waals surface area contributed by atoms with Gasteiger partial charge in [-0.25, -0.2) is 0 Å². The van der Waals surface area contributed by atoms with Crippen molar-refractivity contribution in [3.63, 3.8) is 0 Å². The number of nitrogens with one attached hydrogen (secondary N) is 1. The maximum atomic E-state index is 12.7. The van der Waals surface area contributed by atoms with Gasteiger partial charge in [0.2, 0.25) is 5.43 Å². The number of aryl methyl sites for hydroxylation is 1. The van der Waals surface area contributed by atoms with Gasteiger partial charge in [0.05, 0.1) is 5.69 Å². The summed E-state index contributed by atoms with van der Waals surface area (Å²) in [5.74, 6) is -1.00. The van der Waals surface area contributed by atoms with Gasteiger partial charge in [0.1, 0.15) is 11.1 Å². The van der Waals surface area contributed by atoms with Gasteiger partial charge in [-0.2, -0.15) is 13.2 Å². The van der Waals surface area contributed by atoms with E-state index in [1.54, 1.807) is 0 Å². The predicted octanol–water partition coefficient (Wildman–Crippen LogP) is 1.57. The van der Waals surface area contributed by atoms with E-state index in [-0.39, 0.29) is 5.02 Å². The summed E-state index contributed by atoms with van der Waals surface area (Å²) in [5.41, 5.74) is -1.60. The Morgan fingerprint density at radius 1 is 1.53 bits per heavy atom. The van der Waals surface area contributed by atoms with E-state index in [1.165, 1.54) is 7.05 Å². The van der Waals surface area contributed by atoms with Gasteiger partial charge in [0.15, 0.2) is 5.75 Å². The van der Waals surface area contributed by atoms with Crippen LogP contribution in [-0.2, 0) is 7.05 Å². The lowest BCUT2D eigenvalue weighted by molar-refractivity contribution is -0.158. The number of halogens is 4. The summed E-state index contributed by atoms with van der Waals surface area (Å²) in [6, 6.07) is -2.14. The molecule has 17 heavy (non-hydrogen) atoms. The van der Waals surface area contributed by atoms with Gasteiger partial charge < -0.3 is 15.0 Å². The number of alkyl halides is 3. The Balaban J connectivity index is 3.51. The maximum Gasteiger partial charge on any atom is 0.409 e. The first kappa shape index (κ1) is 13.9. The standard InChI is InChI=1S/C9H10ClF3N2O2/c1-14-8(9(11,12)13)5-7(17)6(16)4(10)3-15(5)2/h3,8,14,17H,1-2H3. The van der Waals surface area contributed by atoms with Gasteiger partial charge in [0.25, 0.3) is 0 Å². The zero-order valence-electron chi connectivity index (χ0n) is 8.97. The molecule has 96 valence electrons. The second-order valence-electron chi connectivity index (χ2n) is 3.41. The lowest BCUT2D eigenvalue weighted by Crippen LogP contribution is -2.34. The number of nitrogens with zero attached hydrogens (tertiary/aromatic N) is 1. The largest absolute Gasteiger partial charge is 0.503 e. The Hall–Kier alpha value is -1.21. The van der Waals surface area contributed by atoms with Crippen LogP contribution < -0.4 is 10.7 Å². The second-order valence-corrected chi connectivity index (χ2v) is 3.82. The molecule has 0 aliphatic rings. The molecule has 0 aromatic carbocycles. The molecule has 4 nitrogen and oxygen atoms in total. The van der Waals surface area contributed by atoms with E-state index in [0.717, 1.165) is 17.8 Å². The number of aromatic nitrogens is 1. The quantitative estimate of drug-likeness (QED) is 0.858. The molecule has 1 aromatic rings. The third-order valence-electron chi connectivity index (χ3n) is 2.25. The fraction of sp³-hybridized carbons (Fsp3) is 0.444. The van der Waals surface area contributed by atoms with Gasteiger partial charge in [-0.1, -0.05) is 11.6 Å². The Labute approximate surface area is 99.6 Å². The molecular formula is C9H10ClF3N2O2. The van der Waals surface area contributed by atoms with E-state index in [0.29, 0.717) is 0 Å². The van der Waals surface area contributed by atoms with E-state index in [1.807, 2.05) is 5.32 Å². The van der Waals surface area contributed by atoms with Crippen LogP contribution in [0, 0.1) is 0 Å². The number of hydrogen-bond acceptors (Lipinski definition) is 3. The molecule has 1 aromatic heterocycles. The second kappa shape index (κ2) is 4.58. The summed E-state index contributed by atoms with van der Waals surface area (Å²) in [6.07, 6.45) is -3.61. The Bertz CT molecular complexity index is 484. The highest BCUT2D eigenvalue weighted by atomic mass is 35.5. The number of rotatable bonds is 2. The van der Waals surface area contributed by atoms with Crippen molar-refractivity contribution >= 4 is 11.6 Å². The van der Waals surface area contributed by atoms with Crippen molar-refractivity contribution in [1.29, 1.82) is 0 Å². The fourth-order valence-electron chi connectivity index (χ4n) is 1.49. The third kappa shape index (κ3) is 2.55. The lowest BCUT2D eigenvalue weighted by Gasteiger charge is -2.23. The molecule has 1 rings (SSSR count). The molecule has 1 atom stereocenters. The number of pyridine rings is 1. The van der Waals surface area contributed by atoms with Crippen LogP contribution in [0.2, 0.25) is 5.02 Å². The Morgan fingerprint density at radius 2 is 2.06 bits per heavy atom. The molecule has 0 aliphatic heterocycles. The highest BCUT2D eigenvalue weighted by molar-refractivity contribution is 6.30. The minimum Gasteiger partial charge on any atom is -0.503 e. The lowest BCUT2D eigenvalue weighted by atomic mass is 10.1. The molecule has 0 radical (unpaired) electrons. The van der Waals surface area contributed by atoms with Crippen LogP contribution in [0.5, 0.6) is 5.75 Å². The zero-order valence-corrected chi connectivity index (χ0v) is 9.73. The first-order chi connectivity index (χ1) is 7.70. The van der Waals surface area contributed by atoms with Crippen molar-refractivity contribution < 1.29 is 18.3 Å². The summed E-state index contributed by atoms with van der Waals surface area (Å²) < 4.78 is 39.0. The highest BCUT2D eigenvalue weighted by Gasteiger charge is 2.43. The maximum absolute atomic E-state index is 12.7. The summed E-state index contributed by atoms with van der Waals surface area (Å²) >= 11 is 5.46. The first-order valence-corrected chi connectivity index (χ1v) is 4.90. The number of aromatic hydroxyl groups is 1. The Kier molecular flexibility index (Phi) is 3.73. The molecule has 0 spiro atoms. The van der Waals surface area contributed by atoms with Crippen LogP contribution in [0.4, 0.5) is 13.2 Å². The van der Waals surface area contributed by atoms with E-state index < -0.39 is 29.1 Å². The van der Waals surface area contributed by atoms with Crippen molar-refractivity contribution in [3.8, 4) is 5.75 Å². The first-order valence-electron chi connectivity index (χ1n) is 4.52. The smallest absolute Gasteiger partial charge is 0.409 e. The van der Waals surface area contributed by atoms with Gasteiger partial charge in [-0.05, 0) is 7.05 Å². The molecule has 1 heterocycles. The third-order valence-corrected chi connectivity index (χ3v) is 2.52. The summed E-state index contributed by atoms with van der Waals surface area (Å²) in [4.78, 5) is 11.3. The minimum absolute atomic E-state index is 0.342. The predicted molar refractivity (Wildman–Crippen MR) is 56.2 cm³/mol.